The lowest BCUT2D eigenvalue weighted by molar-refractivity contribution is -0.159. The van der Waals surface area contributed by atoms with Crippen LogP contribution in [0.5, 0.6) is 5.75 Å². The number of carbonyl (C=O) groups is 3. The third-order valence-corrected chi connectivity index (χ3v) is 4.88. The maximum Gasteiger partial charge on any atom is 0.336 e. The number of aliphatic carboxylic acids is 1. The molecule has 8 nitrogen and oxygen atoms in total. The van der Waals surface area contributed by atoms with Crippen LogP contribution in [-0.4, -0.2) is 50.4 Å². The summed E-state index contributed by atoms with van der Waals surface area (Å²) in [5.41, 5.74) is -1.27. The van der Waals surface area contributed by atoms with Gasteiger partial charge in [0.2, 0.25) is 11.6 Å². The van der Waals surface area contributed by atoms with Gasteiger partial charge < -0.3 is 14.9 Å². The van der Waals surface area contributed by atoms with Gasteiger partial charge >= 0.3 is 5.97 Å². The summed E-state index contributed by atoms with van der Waals surface area (Å²) in [6, 6.07) is 5.00. The Morgan fingerprint density at radius 3 is 2.54 bits per heavy atom. The number of methoxy groups -OCH3 is 1. The second-order valence-electron chi connectivity index (χ2n) is 6.38. The highest BCUT2D eigenvalue weighted by Crippen LogP contribution is 2.39. The third-order valence-electron chi connectivity index (χ3n) is 4.88. The number of aliphatic hydroxyl groups is 1. The molecule has 8 heteroatoms. The van der Waals surface area contributed by atoms with Gasteiger partial charge in [0.05, 0.1) is 12.6 Å². The smallest absolute Gasteiger partial charge is 0.336 e. The van der Waals surface area contributed by atoms with E-state index in [9.17, 15) is 24.6 Å². The molecule has 1 aromatic heterocycles. The van der Waals surface area contributed by atoms with Crippen LogP contribution in [0.15, 0.2) is 29.3 Å². The second-order valence-corrected chi connectivity index (χ2v) is 6.38. The SMILES string of the molecule is COc1cccc2nc3c(nc12)C(=O)C1=C(CC(O)(C(=O)O)CC1)C3=O. The number of aromatic nitrogens is 2. The van der Waals surface area contributed by atoms with Gasteiger partial charge in [-0.2, -0.15) is 0 Å². The first-order valence-corrected chi connectivity index (χ1v) is 7.97. The number of hydrogen-bond acceptors (Lipinski definition) is 7. The van der Waals surface area contributed by atoms with Gasteiger partial charge in [-0.25, -0.2) is 14.8 Å². The lowest BCUT2D eigenvalue weighted by atomic mass is 9.74. The zero-order valence-electron chi connectivity index (χ0n) is 13.8. The Bertz CT molecular complexity index is 1040. The zero-order valence-corrected chi connectivity index (χ0v) is 13.8. The topological polar surface area (TPSA) is 127 Å². The number of rotatable bonds is 2. The average Bonchev–Trinajstić information content (AvgIpc) is 2.64. The molecule has 26 heavy (non-hydrogen) atoms. The molecule has 1 atom stereocenters. The van der Waals surface area contributed by atoms with Crippen molar-refractivity contribution in [1.82, 2.24) is 9.97 Å². The molecule has 2 aromatic rings. The first-order chi connectivity index (χ1) is 12.4. The maximum atomic E-state index is 12.9. The van der Waals surface area contributed by atoms with E-state index >= 15 is 0 Å². The van der Waals surface area contributed by atoms with Crippen LogP contribution in [0.3, 0.4) is 0 Å². The molecule has 1 heterocycles. The Kier molecular flexibility index (Phi) is 3.42. The summed E-state index contributed by atoms with van der Waals surface area (Å²) in [6.07, 6.45) is -0.562. The van der Waals surface area contributed by atoms with Crippen molar-refractivity contribution < 1.29 is 29.3 Å². The van der Waals surface area contributed by atoms with Gasteiger partial charge in [-0.1, -0.05) is 6.07 Å². The van der Waals surface area contributed by atoms with Crippen molar-refractivity contribution in [3.63, 3.8) is 0 Å². The minimum atomic E-state index is -2.06. The van der Waals surface area contributed by atoms with Crippen molar-refractivity contribution in [3.8, 4) is 5.75 Å². The van der Waals surface area contributed by atoms with Crippen LogP contribution in [0.25, 0.3) is 11.0 Å². The van der Waals surface area contributed by atoms with Crippen LogP contribution in [0, 0.1) is 0 Å². The highest BCUT2D eigenvalue weighted by molar-refractivity contribution is 6.26. The van der Waals surface area contributed by atoms with Gasteiger partial charge in [-0.05, 0) is 25.0 Å². The Morgan fingerprint density at radius 1 is 1.15 bits per heavy atom. The predicted octanol–water partition coefficient (Wildman–Crippen LogP) is 1.31. The van der Waals surface area contributed by atoms with E-state index in [2.05, 4.69) is 9.97 Å². The Balaban J connectivity index is 1.90. The summed E-state index contributed by atoms with van der Waals surface area (Å²) in [6.45, 7) is 0. The molecule has 0 saturated carbocycles. The summed E-state index contributed by atoms with van der Waals surface area (Å²) in [4.78, 5) is 45.6. The van der Waals surface area contributed by atoms with Gasteiger partial charge in [-0.15, -0.1) is 0 Å². The lowest BCUT2D eigenvalue weighted by Gasteiger charge is -2.32. The van der Waals surface area contributed by atoms with Gasteiger partial charge in [0.15, 0.2) is 5.60 Å². The average molecular weight is 354 g/mol. The first-order valence-electron chi connectivity index (χ1n) is 7.97. The largest absolute Gasteiger partial charge is 0.494 e. The molecule has 0 saturated heterocycles. The first kappa shape index (κ1) is 16.3. The van der Waals surface area contributed by atoms with Crippen molar-refractivity contribution in [2.45, 2.75) is 24.9 Å². The van der Waals surface area contributed by atoms with Gasteiger partial charge in [0.25, 0.3) is 0 Å². The summed E-state index contributed by atoms with van der Waals surface area (Å²) in [5.74, 6) is -2.00. The summed E-state index contributed by atoms with van der Waals surface area (Å²) < 4.78 is 5.23. The number of carbonyl (C=O) groups excluding carboxylic acids is 2. The van der Waals surface area contributed by atoms with Crippen LogP contribution in [0.4, 0.5) is 0 Å². The van der Waals surface area contributed by atoms with E-state index in [1.807, 2.05) is 0 Å². The molecule has 2 aliphatic carbocycles. The number of carboxylic acid groups (broad SMARTS) is 1. The highest BCUT2D eigenvalue weighted by atomic mass is 16.5. The summed E-state index contributed by atoms with van der Waals surface area (Å²) in [5, 5.41) is 19.5. The van der Waals surface area contributed by atoms with E-state index in [4.69, 9.17) is 4.74 Å². The quantitative estimate of drug-likeness (QED) is 0.826. The molecule has 1 unspecified atom stereocenters. The number of carboxylic acids is 1. The van der Waals surface area contributed by atoms with Crippen molar-refractivity contribution in [3.05, 3.63) is 40.7 Å². The van der Waals surface area contributed by atoms with Gasteiger partial charge in [-0.3, -0.25) is 9.59 Å². The van der Waals surface area contributed by atoms with Gasteiger partial charge in [0.1, 0.15) is 22.7 Å². The molecule has 132 valence electrons. The van der Waals surface area contributed by atoms with E-state index in [0.29, 0.717) is 16.8 Å². The van der Waals surface area contributed by atoms with Crippen LogP contribution in [0.1, 0.15) is 40.2 Å². The van der Waals surface area contributed by atoms with E-state index in [0.717, 1.165) is 0 Å². The number of para-hydroxylation sites is 1. The number of ether oxygens (including phenoxy) is 1. The van der Waals surface area contributed by atoms with Crippen LogP contribution >= 0.6 is 0 Å². The Labute approximate surface area is 147 Å². The minimum absolute atomic E-state index is 0.00616. The molecular weight excluding hydrogens is 340 g/mol. The van der Waals surface area contributed by atoms with Gasteiger partial charge in [0, 0.05) is 17.6 Å². The Morgan fingerprint density at radius 2 is 1.85 bits per heavy atom. The maximum absolute atomic E-state index is 12.9. The molecule has 0 spiro atoms. The lowest BCUT2D eigenvalue weighted by Crippen LogP contribution is -2.44. The summed E-state index contributed by atoms with van der Waals surface area (Å²) in [7, 11) is 1.47. The number of nitrogens with zero attached hydrogens (tertiary/aromatic N) is 2. The third kappa shape index (κ3) is 2.15. The van der Waals surface area contributed by atoms with E-state index < -0.39 is 29.6 Å². The monoisotopic (exact) mass is 354 g/mol. The fourth-order valence-electron chi connectivity index (χ4n) is 3.44. The molecule has 0 radical (unpaired) electrons. The van der Waals surface area contributed by atoms with Crippen molar-refractivity contribution in [2.24, 2.45) is 0 Å². The number of fused-ring (bicyclic) bond motifs is 2. The molecular formula is C18H14N2O6. The Hall–Kier alpha value is -3.13. The summed E-state index contributed by atoms with van der Waals surface area (Å²) >= 11 is 0. The molecule has 0 fully saturated rings. The number of Topliss-reactive ketones (excluding diaryl/α,β-unsaturated/α-hetero) is 2. The van der Waals surface area contributed by atoms with Crippen molar-refractivity contribution >= 4 is 28.6 Å². The number of allylic oxidation sites excluding steroid dienone is 1. The molecule has 2 N–H and O–H groups in total. The fourth-order valence-corrected chi connectivity index (χ4v) is 3.44. The standard InChI is InChI=1S/C18H14N2O6/c1-26-11-4-2-3-10-12(11)20-14-13(19-10)16(22)9-7-18(25,17(23)24)6-5-8(9)15(14)21/h2-4,25H,5-7H2,1H3,(H,23,24). The molecule has 1 aromatic carbocycles. The number of hydrogen-bond donors (Lipinski definition) is 2. The second kappa shape index (κ2) is 5.43. The van der Waals surface area contributed by atoms with Crippen LogP contribution < -0.4 is 4.74 Å². The predicted molar refractivity (Wildman–Crippen MR) is 88.2 cm³/mol. The molecule has 0 bridgehead atoms. The highest BCUT2D eigenvalue weighted by Gasteiger charge is 2.46. The van der Waals surface area contributed by atoms with Crippen molar-refractivity contribution in [2.75, 3.05) is 7.11 Å². The normalized spacial score (nSPS) is 22.2. The number of benzene rings is 1. The van der Waals surface area contributed by atoms with E-state index in [1.54, 1.807) is 18.2 Å². The van der Waals surface area contributed by atoms with Crippen LogP contribution in [-0.2, 0) is 4.79 Å². The minimum Gasteiger partial charge on any atom is -0.494 e. The van der Waals surface area contributed by atoms with E-state index in [-0.39, 0.29) is 35.4 Å². The number of ketones is 2. The fraction of sp³-hybridized carbons (Fsp3) is 0.278. The molecule has 2 aliphatic rings. The molecule has 4 rings (SSSR count). The zero-order chi connectivity index (χ0) is 18.6. The molecule has 0 aliphatic heterocycles. The van der Waals surface area contributed by atoms with Crippen molar-refractivity contribution in [1.29, 1.82) is 0 Å². The molecule has 0 amide bonds. The van der Waals surface area contributed by atoms with Crippen LogP contribution in [0.2, 0.25) is 0 Å². The van der Waals surface area contributed by atoms with E-state index in [1.165, 1.54) is 7.11 Å².